The Hall–Kier alpha value is -5.04. The van der Waals surface area contributed by atoms with E-state index in [0.29, 0.717) is 33.2 Å². The molecule has 282 valence electrons. The van der Waals surface area contributed by atoms with Crippen LogP contribution in [0.4, 0.5) is 11.4 Å². The predicted molar refractivity (Wildman–Crippen MR) is 208 cm³/mol. The molecule has 4 amide bonds. The first-order chi connectivity index (χ1) is 26.4. The fourth-order valence-corrected chi connectivity index (χ4v) is 9.93. The average Bonchev–Trinajstić information content (AvgIpc) is 3.56. The predicted octanol–water partition coefficient (Wildman–Crippen LogP) is 7.68. The van der Waals surface area contributed by atoms with Gasteiger partial charge in [0, 0.05) is 33.1 Å². The second kappa shape index (κ2) is 13.9. The molecule has 4 aromatic carbocycles. The Morgan fingerprint density at radius 3 is 2.11 bits per heavy atom. The minimum atomic E-state index is -1.67. The standard InChI is InChI=1S/C41H34BrCl2N3O8/c1-53-25-11-4-20(5-12-25)41-29(38(50)47(40(41)52)45-31-15-8-22(43)16-30(31)44)19-28-26(36(41)35-32(54-2)17-24(48)18-33(35)55-3)13-14-27-34(28)39(51)46(37(27)49)23-9-6-21(42)7-10-23/h4-13,15-18,27-29,34,36,45,48H,14,19H2,1-3H3/t27-,28+,29-,34-,36+,41+/m0/s1. The van der Waals surface area contributed by atoms with Crippen LogP contribution in [-0.4, -0.2) is 55.1 Å². The zero-order valence-corrected chi connectivity index (χ0v) is 32.8. The summed E-state index contributed by atoms with van der Waals surface area (Å²) < 4.78 is 18.1. The minimum absolute atomic E-state index is 0.0581. The van der Waals surface area contributed by atoms with Gasteiger partial charge in [-0.15, -0.1) is 0 Å². The Kier molecular flexibility index (Phi) is 9.34. The number of carbonyl (C=O) groups excluding carboxylic acids is 4. The number of anilines is 2. The number of nitrogens with one attached hydrogen (secondary N) is 1. The van der Waals surface area contributed by atoms with Crippen molar-refractivity contribution in [3.63, 3.8) is 0 Å². The van der Waals surface area contributed by atoms with Crippen LogP contribution in [0.3, 0.4) is 0 Å². The molecule has 6 atom stereocenters. The maximum Gasteiger partial charge on any atom is 0.260 e. The molecule has 1 saturated carbocycles. The van der Waals surface area contributed by atoms with Gasteiger partial charge in [0.15, 0.2) is 0 Å². The Bertz CT molecular complexity index is 2280. The number of halogens is 3. The molecule has 14 heteroatoms. The number of phenols is 1. The molecular weight excluding hydrogens is 813 g/mol. The number of methoxy groups -OCH3 is 3. The van der Waals surface area contributed by atoms with Crippen molar-refractivity contribution in [3.8, 4) is 23.0 Å². The summed E-state index contributed by atoms with van der Waals surface area (Å²) in [6, 6.07) is 21.4. The highest BCUT2D eigenvalue weighted by Crippen LogP contribution is 2.66. The molecule has 0 spiro atoms. The van der Waals surface area contributed by atoms with E-state index in [4.69, 9.17) is 37.4 Å². The number of rotatable bonds is 8. The molecule has 2 aliphatic heterocycles. The fraction of sp³-hybridized carbons (Fsp3) is 0.268. The molecule has 4 aromatic rings. The van der Waals surface area contributed by atoms with Gasteiger partial charge in [0.2, 0.25) is 11.8 Å². The summed E-state index contributed by atoms with van der Waals surface area (Å²) in [6.07, 6.45) is 2.20. The molecule has 2 heterocycles. The van der Waals surface area contributed by atoms with Crippen molar-refractivity contribution in [1.82, 2.24) is 5.01 Å². The Balaban J connectivity index is 1.38. The highest BCUT2D eigenvalue weighted by atomic mass is 79.9. The lowest BCUT2D eigenvalue weighted by molar-refractivity contribution is -0.138. The van der Waals surface area contributed by atoms with E-state index in [0.717, 1.165) is 9.48 Å². The molecule has 0 unspecified atom stereocenters. The third-order valence-electron chi connectivity index (χ3n) is 11.5. The van der Waals surface area contributed by atoms with Gasteiger partial charge in [-0.25, -0.2) is 0 Å². The first-order valence-corrected chi connectivity index (χ1v) is 19.0. The molecular formula is C41H34BrCl2N3O8. The number of aromatic hydroxyl groups is 1. The van der Waals surface area contributed by atoms with Crippen molar-refractivity contribution >= 4 is 74.1 Å². The van der Waals surface area contributed by atoms with Gasteiger partial charge in [0.25, 0.3) is 11.8 Å². The van der Waals surface area contributed by atoms with Crippen LogP contribution < -0.4 is 24.5 Å². The van der Waals surface area contributed by atoms with E-state index in [2.05, 4.69) is 21.4 Å². The number of phenolic OH excluding ortho intramolecular Hbond substituents is 1. The number of carbonyl (C=O) groups is 4. The molecule has 0 radical (unpaired) electrons. The maximum atomic E-state index is 15.6. The number of allylic oxidation sites excluding steroid dienone is 2. The van der Waals surface area contributed by atoms with Gasteiger partial charge in [-0.3, -0.25) is 29.5 Å². The molecule has 2 aliphatic carbocycles. The first kappa shape index (κ1) is 36.9. The SMILES string of the molecule is COc1ccc([C@@]23C(=O)N(Nc4ccc(Cl)cc4Cl)C(=O)[C@@H]2C[C@@H]2C(=CC[C@@H]4C(=O)N(c5ccc(Br)cc5)C(=O)[C@@H]42)[C@@H]3c2c(OC)cc(O)cc2OC)cc1. The Morgan fingerprint density at radius 1 is 0.818 bits per heavy atom. The van der Waals surface area contributed by atoms with Crippen LogP contribution in [0.1, 0.15) is 29.9 Å². The number of hydrogen-bond donors (Lipinski definition) is 2. The van der Waals surface area contributed by atoms with Crippen molar-refractivity contribution in [3.05, 3.63) is 116 Å². The number of benzene rings is 4. The number of hydrazine groups is 1. The summed E-state index contributed by atoms with van der Waals surface area (Å²) in [5.74, 6) is -5.33. The van der Waals surface area contributed by atoms with E-state index >= 15 is 9.59 Å². The van der Waals surface area contributed by atoms with Crippen molar-refractivity contribution < 1.29 is 38.5 Å². The summed E-state index contributed by atoms with van der Waals surface area (Å²) in [5.41, 5.74) is 3.61. The lowest BCUT2D eigenvalue weighted by Crippen LogP contribution is -2.53. The zero-order valence-electron chi connectivity index (χ0n) is 29.7. The van der Waals surface area contributed by atoms with Crippen LogP contribution in [0.25, 0.3) is 0 Å². The number of nitrogens with zero attached hydrogens (tertiary/aromatic N) is 2. The van der Waals surface area contributed by atoms with E-state index in [9.17, 15) is 14.7 Å². The molecule has 2 saturated heterocycles. The van der Waals surface area contributed by atoms with Crippen molar-refractivity contribution in [2.24, 2.45) is 23.7 Å². The molecule has 0 bridgehead atoms. The first-order valence-electron chi connectivity index (χ1n) is 17.5. The highest BCUT2D eigenvalue weighted by Gasteiger charge is 2.71. The van der Waals surface area contributed by atoms with Gasteiger partial charge >= 0.3 is 0 Å². The second-order valence-corrected chi connectivity index (χ2v) is 15.7. The molecule has 11 nitrogen and oxygen atoms in total. The molecule has 8 rings (SSSR count). The Morgan fingerprint density at radius 2 is 1.49 bits per heavy atom. The normalized spacial score (nSPS) is 25.6. The van der Waals surface area contributed by atoms with E-state index in [-0.39, 0.29) is 52.6 Å². The topological polar surface area (TPSA) is 135 Å². The molecule has 55 heavy (non-hydrogen) atoms. The van der Waals surface area contributed by atoms with Crippen LogP contribution in [-0.2, 0) is 24.6 Å². The molecule has 4 aliphatic rings. The van der Waals surface area contributed by atoms with Crippen LogP contribution in [0.2, 0.25) is 10.0 Å². The molecule has 3 fully saturated rings. The number of hydrogen-bond acceptors (Lipinski definition) is 9. The van der Waals surface area contributed by atoms with Crippen molar-refractivity contribution in [2.45, 2.75) is 24.2 Å². The van der Waals surface area contributed by atoms with Gasteiger partial charge in [-0.1, -0.05) is 62.9 Å². The summed E-state index contributed by atoms with van der Waals surface area (Å²) >= 11 is 16.2. The third kappa shape index (κ3) is 5.59. The zero-order chi connectivity index (χ0) is 38.9. The molecule has 2 N–H and O–H groups in total. The second-order valence-electron chi connectivity index (χ2n) is 14.0. The average molecular weight is 848 g/mol. The summed E-state index contributed by atoms with van der Waals surface area (Å²) in [5, 5.41) is 12.3. The van der Waals surface area contributed by atoms with E-state index < -0.39 is 46.8 Å². The van der Waals surface area contributed by atoms with E-state index in [1.165, 1.54) is 44.4 Å². The van der Waals surface area contributed by atoms with Gasteiger partial charge in [0.05, 0.1) is 60.9 Å². The minimum Gasteiger partial charge on any atom is -0.508 e. The summed E-state index contributed by atoms with van der Waals surface area (Å²) in [6.45, 7) is 0. The quantitative estimate of drug-likeness (QED) is 0.135. The van der Waals surface area contributed by atoms with Crippen LogP contribution in [0.5, 0.6) is 23.0 Å². The summed E-state index contributed by atoms with van der Waals surface area (Å²) in [7, 11) is 4.41. The maximum absolute atomic E-state index is 15.6. The van der Waals surface area contributed by atoms with Crippen LogP contribution in [0.15, 0.2) is 95.0 Å². The van der Waals surface area contributed by atoms with Gasteiger partial charge in [-0.05, 0) is 78.9 Å². The lowest BCUT2D eigenvalue weighted by Gasteiger charge is -2.51. The number of imide groups is 2. The number of fused-ring (bicyclic) bond motifs is 4. The van der Waals surface area contributed by atoms with Crippen molar-refractivity contribution in [2.75, 3.05) is 31.7 Å². The smallest absolute Gasteiger partial charge is 0.260 e. The highest BCUT2D eigenvalue weighted by molar-refractivity contribution is 9.10. The molecule has 0 aromatic heterocycles. The Labute approximate surface area is 334 Å². The van der Waals surface area contributed by atoms with Crippen molar-refractivity contribution in [1.29, 1.82) is 0 Å². The van der Waals surface area contributed by atoms with E-state index in [1.54, 1.807) is 60.7 Å². The van der Waals surface area contributed by atoms with Gasteiger partial charge in [0.1, 0.15) is 23.0 Å². The number of amides is 4. The van der Waals surface area contributed by atoms with Gasteiger partial charge < -0.3 is 19.3 Å². The van der Waals surface area contributed by atoms with Crippen LogP contribution in [0, 0.1) is 23.7 Å². The third-order valence-corrected chi connectivity index (χ3v) is 12.6. The van der Waals surface area contributed by atoms with Crippen LogP contribution >= 0.6 is 39.1 Å². The fourth-order valence-electron chi connectivity index (χ4n) is 9.21. The summed E-state index contributed by atoms with van der Waals surface area (Å²) in [4.78, 5) is 60.6. The lowest BCUT2D eigenvalue weighted by atomic mass is 9.49. The van der Waals surface area contributed by atoms with Gasteiger partial charge in [-0.2, -0.15) is 5.01 Å². The monoisotopic (exact) mass is 845 g/mol. The number of ether oxygens (including phenoxy) is 3. The largest absolute Gasteiger partial charge is 0.508 e. The van der Waals surface area contributed by atoms with E-state index in [1.807, 2.05) is 6.08 Å².